The molecule has 1 aromatic carbocycles. The lowest BCUT2D eigenvalue weighted by atomic mass is 9.41. The van der Waals surface area contributed by atoms with E-state index >= 15 is 0 Å². The molecule has 0 saturated heterocycles. The van der Waals surface area contributed by atoms with E-state index in [1.165, 1.54) is 83.0 Å². The van der Waals surface area contributed by atoms with Gasteiger partial charge in [0.1, 0.15) is 6.10 Å². The second-order valence-corrected chi connectivity index (χ2v) is 17.5. The SMILES string of the molecule is COc1cc(/C=C/C(=O)OC2CCC34CC35CCC3(C)C(C(C)CCC(C)=C(C)C)CCC3(C)C5CCC4C2(C)C)ccc1O. The molecule has 1 aromatic rings. The molecular formula is C41H60O4. The predicted octanol–water partition coefficient (Wildman–Crippen LogP) is 10.5. The first kappa shape index (κ1) is 32.7. The fourth-order valence-electron chi connectivity index (χ4n) is 12.5. The van der Waals surface area contributed by atoms with Crippen molar-refractivity contribution in [3.63, 3.8) is 0 Å². The van der Waals surface area contributed by atoms with Crippen molar-refractivity contribution in [1.29, 1.82) is 0 Å². The van der Waals surface area contributed by atoms with Gasteiger partial charge in [-0.3, -0.25) is 0 Å². The number of hydrogen-bond acceptors (Lipinski definition) is 4. The van der Waals surface area contributed by atoms with Crippen molar-refractivity contribution >= 4 is 12.0 Å². The van der Waals surface area contributed by atoms with Crippen LogP contribution >= 0.6 is 0 Å². The van der Waals surface area contributed by atoms with Crippen molar-refractivity contribution in [1.82, 2.24) is 0 Å². The Morgan fingerprint density at radius 2 is 1.67 bits per heavy atom. The average Bonchev–Trinajstić information content (AvgIpc) is 3.58. The van der Waals surface area contributed by atoms with E-state index in [0.29, 0.717) is 33.3 Å². The van der Waals surface area contributed by atoms with Crippen LogP contribution in [0.2, 0.25) is 0 Å². The maximum absolute atomic E-state index is 13.1. The highest BCUT2D eigenvalue weighted by atomic mass is 16.5. The first-order valence-electron chi connectivity index (χ1n) is 18.0. The molecule has 6 rings (SSSR count). The van der Waals surface area contributed by atoms with Crippen molar-refractivity contribution < 1.29 is 19.4 Å². The van der Waals surface area contributed by atoms with Crippen molar-refractivity contribution in [3.8, 4) is 11.5 Å². The Morgan fingerprint density at radius 3 is 2.38 bits per heavy atom. The summed E-state index contributed by atoms with van der Waals surface area (Å²) >= 11 is 0. The molecule has 5 fully saturated rings. The van der Waals surface area contributed by atoms with Crippen molar-refractivity contribution in [3.05, 3.63) is 41.0 Å². The van der Waals surface area contributed by atoms with E-state index in [1.807, 2.05) is 0 Å². The molecule has 5 saturated carbocycles. The molecule has 5 aliphatic carbocycles. The van der Waals surface area contributed by atoms with Gasteiger partial charge in [0.2, 0.25) is 0 Å². The normalized spacial score (nSPS) is 40.0. The van der Waals surface area contributed by atoms with E-state index in [-0.39, 0.29) is 23.2 Å². The first-order chi connectivity index (χ1) is 21.1. The van der Waals surface area contributed by atoms with E-state index in [1.54, 1.807) is 29.8 Å². The van der Waals surface area contributed by atoms with Crippen LogP contribution in [0.3, 0.4) is 0 Å². The van der Waals surface area contributed by atoms with E-state index in [4.69, 9.17) is 9.47 Å². The summed E-state index contributed by atoms with van der Waals surface area (Å²) in [6.45, 7) is 19.7. The lowest BCUT2D eigenvalue weighted by Crippen LogP contribution is -2.58. The number of fused-ring (bicyclic) bond motifs is 2. The Labute approximate surface area is 273 Å². The van der Waals surface area contributed by atoms with E-state index in [0.717, 1.165) is 29.7 Å². The summed E-state index contributed by atoms with van der Waals surface area (Å²) in [5, 5.41) is 9.89. The van der Waals surface area contributed by atoms with Crippen LogP contribution in [0.15, 0.2) is 35.4 Å². The summed E-state index contributed by atoms with van der Waals surface area (Å²) in [7, 11) is 1.53. The summed E-state index contributed by atoms with van der Waals surface area (Å²) in [6.07, 6.45) is 17.7. The molecule has 0 bridgehead atoms. The van der Waals surface area contributed by atoms with Crippen LogP contribution in [-0.2, 0) is 9.53 Å². The minimum absolute atomic E-state index is 0.0326. The van der Waals surface area contributed by atoms with Gasteiger partial charge in [-0.1, -0.05) is 51.8 Å². The molecule has 45 heavy (non-hydrogen) atoms. The number of rotatable bonds is 8. The molecule has 0 heterocycles. The Kier molecular flexibility index (Phi) is 8.13. The molecule has 0 aliphatic heterocycles. The van der Waals surface area contributed by atoms with Gasteiger partial charge in [-0.05, 0) is 161 Å². The van der Waals surface area contributed by atoms with Gasteiger partial charge in [0.25, 0.3) is 0 Å². The number of aromatic hydroxyl groups is 1. The van der Waals surface area contributed by atoms with E-state index < -0.39 is 0 Å². The summed E-state index contributed by atoms with van der Waals surface area (Å²) in [5.74, 6) is 3.31. The second-order valence-electron chi connectivity index (χ2n) is 17.5. The highest BCUT2D eigenvalue weighted by molar-refractivity contribution is 5.87. The number of benzene rings is 1. The number of carbonyl (C=O) groups excluding carboxylic acids is 1. The molecule has 0 aromatic heterocycles. The molecule has 5 aliphatic rings. The largest absolute Gasteiger partial charge is 0.504 e. The van der Waals surface area contributed by atoms with Gasteiger partial charge in [-0.15, -0.1) is 0 Å². The maximum Gasteiger partial charge on any atom is 0.331 e. The van der Waals surface area contributed by atoms with Gasteiger partial charge < -0.3 is 14.6 Å². The zero-order chi connectivity index (χ0) is 32.6. The lowest BCUT2D eigenvalue weighted by molar-refractivity contribution is -0.179. The molecule has 0 radical (unpaired) electrons. The van der Waals surface area contributed by atoms with Crippen molar-refractivity contribution in [2.45, 2.75) is 132 Å². The third-order valence-corrected chi connectivity index (χ3v) is 15.5. The first-order valence-corrected chi connectivity index (χ1v) is 18.0. The molecule has 0 amide bonds. The molecular weight excluding hydrogens is 556 g/mol. The zero-order valence-corrected chi connectivity index (χ0v) is 29.7. The topological polar surface area (TPSA) is 55.8 Å². The van der Waals surface area contributed by atoms with Gasteiger partial charge in [-0.25, -0.2) is 4.79 Å². The van der Waals surface area contributed by atoms with Crippen LogP contribution in [-0.4, -0.2) is 24.3 Å². The number of ether oxygens (including phenoxy) is 2. The Bertz CT molecular complexity index is 1380. The number of hydrogen-bond donors (Lipinski definition) is 1. The number of carbonyl (C=O) groups is 1. The third kappa shape index (κ3) is 4.85. The number of phenolic OH excluding ortho intramolecular Hbond substituents is 1. The lowest BCUT2D eigenvalue weighted by Gasteiger charge is -2.63. The fraction of sp³-hybridized carbons (Fsp3) is 0.732. The minimum atomic E-state index is -0.276. The van der Waals surface area contributed by atoms with Crippen LogP contribution in [0.25, 0.3) is 6.08 Å². The zero-order valence-electron chi connectivity index (χ0n) is 29.7. The molecule has 9 unspecified atom stereocenters. The molecule has 2 spiro atoms. The highest BCUT2D eigenvalue weighted by Crippen LogP contribution is 2.89. The molecule has 9 atom stereocenters. The van der Waals surface area contributed by atoms with Gasteiger partial charge in [0.05, 0.1) is 7.11 Å². The smallest absolute Gasteiger partial charge is 0.331 e. The number of esters is 1. The molecule has 4 nitrogen and oxygen atoms in total. The van der Waals surface area contributed by atoms with Gasteiger partial charge in [-0.2, -0.15) is 0 Å². The monoisotopic (exact) mass is 616 g/mol. The standard InChI is InChI=1S/C41H60O4/c1-26(2)27(3)10-11-28(4)30-18-20-39(8)34-16-15-33-37(5,6)35(19-21-40(33)25-41(34,40)23-22-38(30,39)7)45-36(43)17-13-29-12-14-31(42)32(24-29)44-9/h12-14,17,24,28,30,33-35,42H,10-11,15-16,18-23,25H2,1-9H3/b17-13+. The average molecular weight is 617 g/mol. The second kappa shape index (κ2) is 11.2. The molecule has 248 valence electrons. The molecule has 1 N–H and O–H groups in total. The number of allylic oxidation sites excluding steroid dienone is 2. The highest BCUT2D eigenvalue weighted by Gasteiger charge is 2.82. The Balaban J connectivity index is 1.15. The minimum Gasteiger partial charge on any atom is -0.504 e. The van der Waals surface area contributed by atoms with Gasteiger partial charge in [0, 0.05) is 11.5 Å². The molecule has 4 heteroatoms. The van der Waals surface area contributed by atoms with Gasteiger partial charge >= 0.3 is 5.97 Å². The van der Waals surface area contributed by atoms with Gasteiger partial charge in [0.15, 0.2) is 11.5 Å². The van der Waals surface area contributed by atoms with Crippen molar-refractivity contribution in [2.75, 3.05) is 7.11 Å². The summed E-state index contributed by atoms with van der Waals surface area (Å²) in [4.78, 5) is 13.1. The van der Waals surface area contributed by atoms with E-state index in [2.05, 4.69) is 55.4 Å². The Hall–Kier alpha value is -2.23. The van der Waals surface area contributed by atoms with Crippen LogP contribution in [0.5, 0.6) is 11.5 Å². The summed E-state index contributed by atoms with van der Waals surface area (Å²) in [5.41, 5.74) is 5.69. The summed E-state index contributed by atoms with van der Waals surface area (Å²) in [6, 6.07) is 5.09. The maximum atomic E-state index is 13.1. The van der Waals surface area contributed by atoms with Crippen LogP contribution in [0.4, 0.5) is 0 Å². The Morgan fingerprint density at radius 1 is 0.956 bits per heavy atom. The fourth-order valence-corrected chi connectivity index (χ4v) is 12.5. The van der Waals surface area contributed by atoms with Crippen LogP contribution in [0.1, 0.15) is 132 Å². The van der Waals surface area contributed by atoms with E-state index in [9.17, 15) is 9.90 Å². The van der Waals surface area contributed by atoms with Crippen molar-refractivity contribution in [2.24, 2.45) is 50.7 Å². The quantitative estimate of drug-likeness (QED) is 0.179. The third-order valence-electron chi connectivity index (χ3n) is 15.5. The number of methoxy groups -OCH3 is 1. The van der Waals surface area contributed by atoms with Crippen LogP contribution < -0.4 is 4.74 Å². The summed E-state index contributed by atoms with van der Waals surface area (Å²) < 4.78 is 11.5. The number of phenols is 1. The predicted molar refractivity (Wildman–Crippen MR) is 183 cm³/mol. The van der Waals surface area contributed by atoms with Crippen LogP contribution in [0, 0.1) is 50.7 Å².